The van der Waals surface area contributed by atoms with Crippen LogP contribution in [0.2, 0.25) is 5.02 Å². The number of rotatable bonds is 2. The summed E-state index contributed by atoms with van der Waals surface area (Å²) in [7, 11) is 0. The molecule has 3 heterocycles. The first kappa shape index (κ1) is 19.0. The molecule has 5 rings (SSSR count). The molecule has 0 aliphatic carbocycles. The summed E-state index contributed by atoms with van der Waals surface area (Å²) >= 11 is 7.91. The van der Waals surface area contributed by atoms with Gasteiger partial charge in [0.05, 0.1) is 21.8 Å². The van der Waals surface area contributed by atoms with Gasteiger partial charge in [0.25, 0.3) is 6.17 Å². The highest BCUT2D eigenvalue weighted by Crippen LogP contribution is 2.43. The molecule has 0 spiro atoms. The van der Waals surface area contributed by atoms with Gasteiger partial charge in [0.2, 0.25) is 17.9 Å². The molecule has 2 aliphatic rings. The van der Waals surface area contributed by atoms with Crippen molar-refractivity contribution in [3.8, 4) is 22.8 Å². The quantitative estimate of drug-likeness (QED) is 0.484. The summed E-state index contributed by atoms with van der Waals surface area (Å²) in [5, 5.41) is 5.42. The second-order valence-electron chi connectivity index (χ2n) is 6.76. The number of fused-ring (bicyclic) bond motifs is 4. The Morgan fingerprint density at radius 2 is 2.03 bits per heavy atom. The van der Waals surface area contributed by atoms with E-state index in [1.54, 1.807) is 33.8 Å². The smallest absolute Gasteiger partial charge is 0.325 e. The number of carbonyl (C=O) groups is 1. The van der Waals surface area contributed by atoms with Gasteiger partial charge in [0.1, 0.15) is 0 Å². The van der Waals surface area contributed by atoms with E-state index in [-0.39, 0.29) is 18.3 Å². The number of anilines is 1. The van der Waals surface area contributed by atoms with Gasteiger partial charge in [-0.15, -0.1) is 0 Å². The Labute approximate surface area is 180 Å². The highest BCUT2D eigenvalue weighted by molar-refractivity contribution is 7.98. The van der Waals surface area contributed by atoms with Crippen LogP contribution < -0.4 is 24.6 Å². The molecule has 0 fully saturated rings. The molecule has 30 heavy (non-hydrogen) atoms. The molecule has 0 saturated heterocycles. The number of carbonyl (C=O) groups excluding carboxylic acids is 1. The largest absolute Gasteiger partial charge is 0.454 e. The Morgan fingerprint density at radius 1 is 1.30 bits per heavy atom. The van der Waals surface area contributed by atoms with Gasteiger partial charge in [-0.3, -0.25) is 14.6 Å². The maximum Gasteiger partial charge on any atom is 0.325 e. The van der Waals surface area contributed by atoms with Crippen molar-refractivity contribution in [2.75, 3.05) is 17.9 Å². The standard InChI is InChI=1S/C20H15ClN4O4S/c1-10(26)24-14-6-4-3-5-11(14)17-18(27)22-20(30-2)23-25(17)19(24)12-7-15-16(8-13(12)21)29-9-28-15/h3-8,19H,9H2,1-2H3/p+1/t19-/m1/s1. The number of thioether (sulfide) groups is 1. The van der Waals surface area contributed by atoms with Crippen molar-refractivity contribution in [1.82, 2.24) is 10.1 Å². The molecule has 0 saturated carbocycles. The fraction of sp³-hybridized carbons (Fsp3) is 0.200. The molecule has 1 amide bonds. The van der Waals surface area contributed by atoms with E-state index in [0.29, 0.717) is 44.2 Å². The molecular weight excluding hydrogens is 428 g/mol. The first-order valence-electron chi connectivity index (χ1n) is 9.08. The second kappa shape index (κ2) is 7.03. The summed E-state index contributed by atoms with van der Waals surface area (Å²) in [5.41, 5.74) is 1.84. The minimum absolute atomic E-state index is 0.0946. The van der Waals surface area contributed by atoms with E-state index in [2.05, 4.69) is 10.1 Å². The topological polar surface area (TPSA) is 88.4 Å². The second-order valence-corrected chi connectivity index (χ2v) is 7.97. The molecule has 1 aromatic heterocycles. The van der Waals surface area contributed by atoms with Crippen LogP contribution in [-0.4, -0.2) is 29.0 Å². The van der Waals surface area contributed by atoms with E-state index in [4.69, 9.17) is 21.1 Å². The van der Waals surface area contributed by atoms with Gasteiger partial charge in [0, 0.05) is 18.1 Å². The van der Waals surface area contributed by atoms with Gasteiger partial charge in [-0.05, 0) is 29.1 Å². The van der Waals surface area contributed by atoms with E-state index >= 15 is 0 Å². The van der Waals surface area contributed by atoms with E-state index in [1.807, 2.05) is 18.4 Å². The highest BCUT2D eigenvalue weighted by Gasteiger charge is 2.46. The molecule has 0 radical (unpaired) electrons. The lowest BCUT2D eigenvalue weighted by atomic mass is 10.0. The molecule has 1 atom stereocenters. The van der Waals surface area contributed by atoms with Crippen LogP contribution in [0.3, 0.4) is 0 Å². The van der Waals surface area contributed by atoms with Crippen LogP contribution in [-0.2, 0) is 4.79 Å². The third-order valence-electron chi connectivity index (χ3n) is 5.06. The number of hydrogen-bond donors (Lipinski definition) is 1. The van der Waals surface area contributed by atoms with Gasteiger partial charge >= 0.3 is 11.3 Å². The Kier molecular flexibility index (Phi) is 4.44. The summed E-state index contributed by atoms with van der Waals surface area (Å²) in [6.07, 6.45) is 1.04. The fourth-order valence-electron chi connectivity index (χ4n) is 3.82. The van der Waals surface area contributed by atoms with Crippen molar-refractivity contribution in [1.29, 1.82) is 0 Å². The number of hydrogen-bond acceptors (Lipinski definition) is 6. The predicted molar refractivity (Wildman–Crippen MR) is 111 cm³/mol. The number of nitrogens with one attached hydrogen (secondary N) is 1. The third kappa shape index (κ3) is 2.77. The van der Waals surface area contributed by atoms with Crippen molar-refractivity contribution in [3.63, 3.8) is 0 Å². The van der Waals surface area contributed by atoms with Gasteiger partial charge in [-0.1, -0.05) is 35.5 Å². The third-order valence-corrected chi connectivity index (χ3v) is 5.96. The van der Waals surface area contributed by atoms with Crippen LogP contribution >= 0.6 is 23.4 Å². The van der Waals surface area contributed by atoms with Crippen LogP contribution in [0.1, 0.15) is 18.7 Å². The number of para-hydroxylation sites is 1. The highest BCUT2D eigenvalue weighted by atomic mass is 35.5. The maximum absolute atomic E-state index is 13.0. The predicted octanol–water partition coefficient (Wildman–Crippen LogP) is 2.74. The molecule has 152 valence electrons. The number of benzene rings is 2. The Balaban J connectivity index is 1.86. The van der Waals surface area contributed by atoms with E-state index in [9.17, 15) is 9.59 Å². The number of halogens is 1. The molecule has 0 unspecified atom stereocenters. The molecule has 0 bridgehead atoms. The van der Waals surface area contributed by atoms with Crippen LogP contribution in [0.4, 0.5) is 5.69 Å². The summed E-state index contributed by atoms with van der Waals surface area (Å²) in [6, 6.07) is 10.6. The summed E-state index contributed by atoms with van der Waals surface area (Å²) in [6.45, 7) is 1.57. The zero-order valence-electron chi connectivity index (χ0n) is 16.0. The van der Waals surface area contributed by atoms with Crippen LogP contribution in [0.15, 0.2) is 46.3 Å². The van der Waals surface area contributed by atoms with E-state index in [0.717, 1.165) is 0 Å². The zero-order valence-corrected chi connectivity index (χ0v) is 17.6. The van der Waals surface area contributed by atoms with Crippen molar-refractivity contribution in [3.05, 3.63) is 57.3 Å². The zero-order chi connectivity index (χ0) is 21.0. The summed E-state index contributed by atoms with van der Waals surface area (Å²) in [4.78, 5) is 30.2. The molecule has 10 heteroatoms. The first-order valence-corrected chi connectivity index (χ1v) is 10.7. The fourth-order valence-corrected chi connectivity index (χ4v) is 4.43. The summed E-state index contributed by atoms with van der Waals surface area (Å²) < 4.78 is 12.5. The van der Waals surface area contributed by atoms with Gasteiger partial charge in [-0.25, -0.2) is 4.90 Å². The van der Waals surface area contributed by atoms with Gasteiger partial charge in [0.15, 0.2) is 11.5 Å². The Hall–Kier alpha value is -3.04. The molecule has 3 aromatic rings. The number of aromatic nitrogens is 3. The minimum Gasteiger partial charge on any atom is -0.454 e. The van der Waals surface area contributed by atoms with Crippen LogP contribution in [0.25, 0.3) is 11.3 Å². The molecule has 2 aliphatic heterocycles. The number of nitrogens with zero attached hydrogens (tertiary/aromatic N) is 3. The first-order chi connectivity index (χ1) is 14.5. The molecule has 8 nitrogen and oxygen atoms in total. The maximum atomic E-state index is 13.0. The monoisotopic (exact) mass is 443 g/mol. The average molecular weight is 444 g/mol. The molecular formula is C20H16ClN4O4S+. The van der Waals surface area contributed by atoms with Crippen molar-refractivity contribution >= 4 is 35.0 Å². The minimum atomic E-state index is -0.775. The molecule has 1 N–H and O–H groups in total. The summed E-state index contributed by atoms with van der Waals surface area (Å²) in [5.74, 6) is 0.837. The SMILES string of the molecule is CSc1n[n+]2c(c(=O)[nH]1)-c1ccccc1N(C(C)=O)[C@H]2c1cc2c(cc1Cl)OCO2. The number of aromatic amines is 1. The number of ether oxygens (including phenoxy) is 2. The number of amides is 1. The normalized spacial score (nSPS) is 16.2. The van der Waals surface area contributed by atoms with Crippen LogP contribution in [0.5, 0.6) is 11.5 Å². The molecule has 2 aromatic carbocycles. The Morgan fingerprint density at radius 3 is 2.77 bits per heavy atom. The van der Waals surface area contributed by atoms with E-state index < -0.39 is 6.17 Å². The Bertz CT molecular complexity index is 1260. The lowest BCUT2D eigenvalue weighted by molar-refractivity contribution is -0.763. The van der Waals surface area contributed by atoms with E-state index in [1.165, 1.54) is 18.7 Å². The van der Waals surface area contributed by atoms with Gasteiger partial charge in [-0.2, -0.15) is 0 Å². The van der Waals surface area contributed by atoms with Crippen molar-refractivity contribution in [2.45, 2.75) is 18.2 Å². The van der Waals surface area contributed by atoms with Crippen molar-refractivity contribution < 1.29 is 19.0 Å². The lowest BCUT2D eigenvalue weighted by Crippen LogP contribution is -2.60. The van der Waals surface area contributed by atoms with Gasteiger partial charge < -0.3 is 9.47 Å². The lowest BCUT2D eigenvalue weighted by Gasteiger charge is -2.31. The van der Waals surface area contributed by atoms with Crippen LogP contribution in [0, 0.1) is 0 Å². The van der Waals surface area contributed by atoms with Crippen molar-refractivity contribution in [2.24, 2.45) is 0 Å². The number of H-pyrrole nitrogens is 1. The average Bonchev–Trinajstić information content (AvgIpc) is 3.18.